The molecule has 1 amide bonds. The molecular weight excluding hydrogens is 507 g/mol. The molecule has 0 aliphatic carbocycles. The van der Waals surface area contributed by atoms with Gasteiger partial charge in [-0.05, 0) is 51.0 Å². The number of likely N-dealkylation sites (tertiary alicyclic amines) is 1. The number of nitrogens with zero attached hydrogens (tertiary/aromatic N) is 2. The minimum Gasteiger partial charge on any atom is -0.466 e. The number of carbonyl (C=O) groups excluding carboxylic acids is 2. The normalized spacial score (nSPS) is 14.7. The molecule has 7 nitrogen and oxygen atoms in total. The third kappa shape index (κ3) is 8.38. The molecule has 0 atom stereocenters. The first-order chi connectivity index (χ1) is 13.5. The number of aliphatic imine (C=N–C) groups is 1. The van der Waals surface area contributed by atoms with E-state index in [1.807, 2.05) is 13.8 Å². The van der Waals surface area contributed by atoms with Gasteiger partial charge in [0, 0.05) is 36.8 Å². The van der Waals surface area contributed by atoms with Crippen LogP contribution >= 0.6 is 35.6 Å². The Morgan fingerprint density at radius 1 is 1.17 bits per heavy atom. The maximum Gasteiger partial charge on any atom is 0.309 e. The summed E-state index contributed by atoms with van der Waals surface area (Å²) in [5.41, 5.74) is 0.571. The summed E-state index contributed by atoms with van der Waals surface area (Å²) in [7, 11) is 0. The molecule has 1 heterocycles. The number of rotatable bonds is 7. The summed E-state index contributed by atoms with van der Waals surface area (Å²) in [5, 5.41) is 6.74. The lowest BCUT2D eigenvalue weighted by atomic mass is 9.97. The number of guanidine groups is 1. The summed E-state index contributed by atoms with van der Waals surface area (Å²) >= 11 is 5.84. The number of nitrogens with one attached hydrogen (secondary N) is 2. The number of ether oxygens (including phenoxy) is 1. The van der Waals surface area contributed by atoms with Gasteiger partial charge >= 0.3 is 5.97 Å². The molecule has 0 radical (unpaired) electrons. The molecule has 0 aromatic heterocycles. The standard InChI is InChI=1S/C20H29ClN4O3.HI/c1-3-22-20(25-13-9-16(10-14-25)19(27)28-4-2)24-12-11-23-18(26)15-5-7-17(21)8-6-15;/h5-8,16H,3-4,9-14H2,1-2H3,(H,22,24)(H,23,26);1H. The van der Waals surface area contributed by atoms with Crippen LogP contribution in [0.25, 0.3) is 0 Å². The van der Waals surface area contributed by atoms with Crippen LogP contribution in [0.1, 0.15) is 37.0 Å². The zero-order chi connectivity index (χ0) is 20.4. The van der Waals surface area contributed by atoms with Crippen molar-refractivity contribution in [2.24, 2.45) is 10.9 Å². The van der Waals surface area contributed by atoms with Crippen LogP contribution in [0.15, 0.2) is 29.3 Å². The summed E-state index contributed by atoms with van der Waals surface area (Å²) in [5.74, 6) is 0.532. The predicted octanol–water partition coefficient (Wildman–Crippen LogP) is 2.93. The molecule has 2 N–H and O–H groups in total. The first kappa shape index (κ1) is 25.5. The van der Waals surface area contributed by atoms with Crippen LogP contribution in [0.3, 0.4) is 0 Å². The molecule has 1 aliphatic rings. The van der Waals surface area contributed by atoms with Gasteiger partial charge in [0.15, 0.2) is 5.96 Å². The lowest BCUT2D eigenvalue weighted by Gasteiger charge is -2.33. The largest absolute Gasteiger partial charge is 0.466 e. The van der Waals surface area contributed by atoms with Crippen molar-refractivity contribution >= 4 is 53.4 Å². The maximum atomic E-state index is 12.1. The van der Waals surface area contributed by atoms with Gasteiger partial charge < -0.3 is 20.3 Å². The highest BCUT2D eigenvalue weighted by Gasteiger charge is 2.27. The number of halogens is 2. The SMILES string of the molecule is CCNC(=NCCNC(=O)c1ccc(Cl)cc1)N1CCC(C(=O)OCC)CC1.I. The van der Waals surface area contributed by atoms with Gasteiger partial charge in [0.2, 0.25) is 0 Å². The average Bonchev–Trinajstić information content (AvgIpc) is 2.71. The zero-order valence-corrected chi connectivity index (χ0v) is 20.0. The molecule has 0 saturated carbocycles. The van der Waals surface area contributed by atoms with Crippen molar-refractivity contribution in [3.63, 3.8) is 0 Å². The third-order valence-corrected chi connectivity index (χ3v) is 4.77. The lowest BCUT2D eigenvalue weighted by molar-refractivity contribution is -0.149. The summed E-state index contributed by atoms with van der Waals surface area (Å²) in [6, 6.07) is 6.77. The Kier molecular flexibility index (Phi) is 12.0. The van der Waals surface area contributed by atoms with E-state index in [-0.39, 0.29) is 41.8 Å². The molecular formula is C20H30ClIN4O3. The van der Waals surface area contributed by atoms with Crippen molar-refractivity contribution in [2.75, 3.05) is 39.3 Å². The van der Waals surface area contributed by atoms with Gasteiger partial charge in [0.05, 0.1) is 19.1 Å². The van der Waals surface area contributed by atoms with Crippen molar-refractivity contribution in [3.8, 4) is 0 Å². The fourth-order valence-electron chi connectivity index (χ4n) is 3.05. The van der Waals surface area contributed by atoms with E-state index in [4.69, 9.17) is 16.3 Å². The van der Waals surface area contributed by atoms with Crippen molar-refractivity contribution in [1.82, 2.24) is 15.5 Å². The molecule has 1 saturated heterocycles. The summed E-state index contributed by atoms with van der Waals surface area (Å²) in [6.45, 7) is 7.45. The Morgan fingerprint density at radius 3 is 2.41 bits per heavy atom. The van der Waals surface area contributed by atoms with Crippen molar-refractivity contribution in [1.29, 1.82) is 0 Å². The molecule has 0 spiro atoms. The lowest BCUT2D eigenvalue weighted by Crippen LogP contribution is -2.47. The van der Waals surface area contributed by atoms with E-state index >= 15 is 0 Å². The van der Waals surface area contributed by atoms with E-state index in [1.165, 1.54) is 0 Å². The van der Waals surface area contributed by atoms with Gasteiger partial charge in [-0.3, -0.25) is 14.6 Å². The van der Waals surface area contributed by atoms with Crippen LogP contribution in [0.2, 0.25) is 5.02 Å². The quantitative estimate of drug-likeness (QED) is 0.184. The van der Waals surface area contributed by atoms with E-state index in [2.05, 4.69) is 20.5 Å². The minimum absolute atomic E-state index is 0. The average molecular weight is 537 g/mol. The van der Waals surface area contributed by atoms with Crippen LogP contribution in [-0.4, -0.2) is 62.1 Å². The van der Waals surface area contributed by atoms with E-state index in [0.29, 0.717) is 30.3 Å². The number of benzene rings is 1. The maximum absolute atomic E-state index is 12.1. The van der Waals surface area contributed by atoms with Crippen LogP contribution in [-0.2, 0) is 9.53 Å². The second-order valence-corrected chi connectivity index (χ2v) is 6.95. The molecule has 1 aromatic rings. The Bertz CT molecular complexity index is 677. The monoisotopic (exact) mass is 536 g/mol. The van der Waals surface area contributed by atoms with Gasteiger partial charge in [0.25, 0.3) is 5.91 Å². The molecule has 0 bridgehead atoms. The number of piperidine rings is 1. The first-order valence-electron chi connectivity index (χ1n) is 9.78. The van der Waals surface area contributed by atoms with Crippen molar-refractivity contribution in [2.45, 2.75) is 26.7 Å². The molecule has 162 valence electrons. The van der Waals surface area contributed by atoms with E-state index in [1.54, 1.807) is 24.3 Å². The molecule has 0 unspecified atom stereocenters. The van der Waals surface area contributed by atoms with E-state index in [9.17, 15) is 9.59 Å². The molecule has 2 rings (SSSR count). The number of hydrogen-bond donors (Lipinski definition) is 2. The predicted molar refractivity (Wildman–Crippen MR) is 126 cm³/mol. The van der Waals surface area contributed by atoms with Crippen molar-refractivity contribution in [3.05, 3.63) is 34.9 Å². The highest BCUT2D eigenvalue weighted by molar-refractivity contribution is 14.0. The number of amides is 1. The molecule has 1 fully saturated rings. The molecule has 9 heteroatoms. The smallest absolute Gasteiger partial charge is 0.309 e. The summed E-state index contributed by atoms with van der Waals surface area (Å²) in [4.78, 5) is 30.7. The minimum atomic E-state index is -0.146. The Morgan fingerprint density at radius 2 is 1.83 bits per heavy atom. The molecule has 1 aliphatic heterocycles. The van der Waals surface area contributed by atoms with Gasteiger partial charge in [-0.1, -0.05) is 11.6 Å². The van der Waals surface area contributed by atoms with Gasteiger partial charge in [-0.15, -0.1) is 24.0 Å². The highest BCUT2D eigenvalue weighted by atomic mass is 127. The van der Waals surface area contributed by atoms with Crippen LogP contribution in [0.4, 0.5) is 0 Å². The highest BCUT2D eigenvalue weighted by Crippen LogP contribution is 2.18. The van der Waals surface area contributed by atoms with Crippen molar-refractivity contribution < 1.29 is 14.3 Å². The third-order valence-electron chi connectivity index (χ3n) is 4.51. The second kappa shape index (κ2) is 13.6. The summed E-state index contributed by atoms with van der Waals surface area (Å²) < 4.78 is 5.12. The van der Waals surface area contributed by atoms with Crippen LogP contribution in [0.5, 0.6) is 0 Å². The molecule has 29 heavy (non-hydrogen) atoms. The fourth-order valence-corrected chi connectivity index (χ4v) is 3.17. The molecule has 1 aromatic carbocycles. The van der Waals surface area contributed by atoms with E-state index < -0.39 is 0 Å². The van der Waals surface area contributed by atoms with Gasteiger partial charge in [0.1, 0.15) is 0 Å². The Labute approximate surface area is 194 Å². The van der Waals surface area contributed by atoms with Gasteiger partial charge in [-0.25, -0.2) is 0 Å². The fraction of sp³-hybridized carbons (Fsp3) is 0.550. The van der Waals surface area contributed by atoms with E-state index in [0.717, 1.165) is 38.4 Å². The topological polar surface area (TPSA) is 83.0 Å². The Hall–Kier alpha value is -1.55. The van der Waals surface area contributed by atoms with Crippen LogP contribution < -0.4 is 10.6 Å². The summed E-state index contributed by atoms with van der Waals surface area (Å²) in [6.07, 6.45) is 1.52. The van der Waals surface area contributed by atoms with Crippen LogP contribution in [0, 0.1) is 5.92 Å². The number of hydrogen-bond acceptors (Lipinski definition) is 4. The Balaban J connectivity index is 0.00000420. The zero-order valence-electron chi connectivity index (χ0n) is 16.9. The second-order valence-electron chi connectivity index (χ2n) is 6.51. The number of esters is 1. The number of carbonyl (C=O) groups is 2. The first-order valence-corrected chi connectivity index (χ1v) is 10.2. The van der Waals surface area contributed by atoms with Gasteiger partial charge in [-0.2, -0.15) is 0 Å².